The molecule has 0 bridgehead atoms. The van der Waals surface area contributed by atoms with E-state index >= 15 is 0 Å². The summed E-state index contributed by atoms with van der Waals surface area (Å²) in [6, 6.07) is 9.53. The number of carbonyl (C=O) groups excluding carboxylic acids is 3. The van der Waals surface area contributed by atoms with Crippen LogP contribution in [0.15, 0.2) is 47.4 Å². The van der Waals surface area contributed by atoms with Crippen molar-refractivity contribution < 1.29 is 23.2 Å². The zero-order valence-corrected chi connectivity index (χ0v) is 15.1. The lowest BCUT2D eigenvalue weighted by atomic mass is 10.2. The monoisotopic (exact) mass is 408 g/mol. The Morgan fingerprint density at radius 1 is 1.11 bits per heavy atom. The molecule has 3 amide bonds. The molecule has 1 N–H and O–H groups in total. The number of carbonyl (C=O) groups is 3. The summed E-state index contributed by atoms with van der Waals surface area (Å²) in [5.74, 6) is -2.79. The Kier molecular flexibility index (Phi) is 5.57. The van der Waals surface area contributed by atoms with Crippen LogP contribution in [0.25, 0.3) is 6.08 Å². The van der Waals surface area contributed by atoms with Crippen molar-refractivity contribution in [1.29, 1.82) is 0 Å². The Morgan fingerprint density at radius 2 is 1.81 bits per heavy atom. The molecular formula is C18H11ClF2N2O3S. The smallest absolute Gasteiger partial charge is 0.294 e. The number of rotatable bonds is 4. The maximum Gasteiger partial charge on any atom is 0.294 e. The molecule has 138 valence electrons. The van der Waals surface area contributed by atoms with E-state index in [1.807, 2.05) is 0 Å². The molecule has 9 heteroatoms. The molecule has 3 rings (SSSR count). The van der Waals surface area contributed by atoms with E-state index in [9.17, 15) is 23.2 Å². The molecule has 0 radical (unpaired) electrons. The Labute approximate surface area is 162 Å². The second-order valence-electron chi connectivity index (χ2n) is 5.43. The summed E-state index contributed by atoms with van der Waals surface area (Å²) in [5.41, 5.74) is -0.0939. The topological polar surface area (TPSA) is 66.5 Å². The van der Waals surface area contributed by atoms with Gasteiger partial charge in [-0.1, -0.05) is 29.8 Å². The van der Waals surface area contributed by atoms with E-state index in [0.29, 0.717) is 16.7 Å². The maximum absolute atomic E-state index is 13.9. The Bertz CT molecular complexity index is 961. The van der Waals surface area contributed by atoms with Gasteiger partial charge in [-0.25, -0.2) is 8.78 Å². The molecule has 0 aliphatic carbocycles. The van der Waals surface area contributed by atoms with E-state index in [1.165, 1.54) is 36.4 Å². The van der Waals surface area contributed by atoms with Crippen LogP contribution in [0.1, 0.15) is 5.56 Å². The number of imide groups is 1. The van der Waals surface area contributed by atoms with E-state index in [1.54, 1.807) is 0 Å². The van der Waals surface area contributed by atoms with Crippen LogP contribution in [0, 0.1) is 11.6 Å². The summed E-state index contributed by atoms with van der Waals surface area (Å²) in [4.78, 5) is 37.1. The van der Waals surface area contributed by atoms with Gasteiger partial charge in [0.1, 0.15) is 18.2 Å². The predicted molar refractivity (Wildman–Crippen MR) is 99.1 cm³/mol. The molecule has 0 spiro atoms. The lowest BCUT2D eigenvalue weighted by molar-refractivity contribution is -0.127. The van der Waals surface area contributed by atoms with E-state index in [2.05, 4.69) is 5.32 Å². The summed E-state index contributed by atoms with van der Waals surface area (Å²) in [6.45, 7) is -0.596. The fourth-order valence-electron chi connectivity index (χ4n) is 2.31. The number of nitrogens with zero attached hydrogens (tertiary/aromatic N) is 1. The molecule has 1 saturated heterocycles. The van der Waals surface area contributed by atoms with Gasteiger partial charge in [0, 0.05) is 5.56 Å². The Hall–Kier alpha value is -2.71. The quantitative estimate of drug-likeness (QED) is 0.766. The maximum atomic E-state index is 13.9. The highest BCUT2D eigenvalue weighted by atomic mass is 35.5. The zero-order chi connectivity index (χ0) is 19.6. The first-order valence-corrected chi connectivity index (χ1v) is 8.80. The highest BCUT2D eigenvalue weighted by molar-refractivity contribution is 8.18. The Morgan fingerprint density at radius 3 is 2.52 bits per heavy atom. The fourth-order valence-corrected chi connectivity index (χ4v) is 3.35. The molecule has 5 nitrogen and oxygen atoms in total. The van der Waals surface area contributed by atoms with Crippen LogP contribution in [0.5, 0.6) is 0 Å². The molecule has 1 aliphatic heterocycles. The first kappa shape index (κ1) is 19.1. The minimum atomic E-state index is -0.756. The van der Waals surface area contributed by atoms with Gasteiger partial charge in [0.15, 0.2) is 0 Å². The average molecular weight is 409 g/mol. The fraction of sp³-hybridized carbons (Fsp3) is 0.0556. The first-order valence-electron chi connectivity index (χ1n) is 7.60. The molecule has 2 aromatic rings. The molecule has 0 atom stereocenters. The third-order valence-corrected chi connectivity index (χ3v) is 4.84. The molecule has 2 aromatic carbocycles. The van der Waals surface area contributed by atoms with Gasteiger partial charge >= 0.3 is 0 Å². The van der Waals surface area contributed by atoms with Crippen molar-refractivity contribution in [3.8, 4) is 0 Å². The summed E-state index contributed by atoms with van der Waals surface area (Å²) in [6.07, 6.45) is 1.16. The minimum Gasteiger partial charge on any atom is -0.322 e. The number of hydrogen-bond acceptors (Lipinski definition) is 4. The van der Waals surface area contributed by atoms with Crippen molar-refractivity contribution in [2.24, 2.45) is 0 Å². The van der Waals surface area contributed by atoms with Gasteiger partial charge in [-0.05, 0) is 42.1 Å². The van der Waals surface area contributed by atoms with E-state index in [-0.39, 0.29) is 21.2 Å². The lowest BCUT2D eigenvalue weighted by Gasteiger charge is -2.12. The van der Waals surface area contributed by atoms with Gasteiger partial charge in [-0.3, -0.25) is 19.3 Å². The van der Waals surface area contributed by atoms with Crippen LogP contribution in [-0.4, -0.2) is 28.5 Å². The van der Waals surface area contributed by atoms with Crippen molar-refractivity contribution in [3.63, 3.8) is 0 Å². The molecule has 27 heavy (non-hydrogen) atoms. The number of thioether (sulfide) groups is 1. The summed E-state index contributed by atoms with van der Waals surface area (Å²) < 4.78 is 27.4. The number of anilines is 1. The van der Waals surface area contributed by atoms with Crippen LogP contribution in [0.2, 0.25) is 5.02 Å². The average Bonchev–Trinajstić information content (AvgIpc) is 2.88. The van der Waals surface area contributed by atoms with Crippen LogP contribution in [-0.2, 0) is 9.59 Å². The highest BCUT2D eigenvalue weighted by Crippen LogP contribution is 2.34. The molecule has 1 fully saturated rings. The van der Waals surface area contributed by atoms with Gasteiger partial charge in [-0.2, -0.15) is 0 Å². The third kappa shape index (κ3) is 4.17. The number of amides is 3. The van der Waals surface area contributed by atoms with Crippen molar-refractivity contribution in [2.45, 2.75) is 0 Å². The molecular weight excluding hydrogens is 398 g/mol. The number of hydrogen-bond donors (Lipinski definition) is 1. The van der Waals surface area contributed by atoms with Crippen molar-refractivity contribution in [2.75, 3.05) is 11.9 Å². The number of halogens is 3. The summed E-state index contributed by atoms with van der Waals surface area (Å²) in [7, 11) is 0. The van der Waals surface area contributed by atoms with Gasteiger partial charge in [0.05, 0.1) is 15.6 Å². The van der Waals surface area contributed by atoms with E-state index < -0.39 is 35.2 Å². The molecule has 1 heterocycles. The van der Waals surface area contributed by atoms with Gasteiger partial charge in [-0.15, -0.1) is 0 Å². The predicted octanol–water partition coefficient (Wildman–Crippen LogP) is 4.29. The van der Waals surface area contributed by atoms with Crippen molar-refractivity contribution >= 4 is 52.2 Å². The summed E-state index contributed by atoms with van der Waals surface area (Å²) >= 11 is 6.48. The minimum absolute atomic E-state index is 0.0273. The Balaban J connectivity index is 1.76. The first-order chi connectivity index (χ1) is 12.9. The lowest BCUT2D eigenvalue weighted by Crippen LogP contribution is -2.36. The zero-order valence-electron chi connectivity index (χ0n) is 13.5. The van der Waals surface area contributed by atoms with E-state index in [0.717, 1.165) is 12.1 Å². The molecule has 0 aromatic heterocycles. The number of para-hydroxylation sites is 1. The van der Waals surface area contributed by atoms with Gasteiger partial charge < -0.3 is 5.32 Å². The third-order valence-electron chi connectivity index (χ3n) is 3.60. The van der Waals surface area contributed by atoms with Crippen molar-refractivity contribution in [1.82, 2.24) is 4.90 Å². The van der Waals surface area contributed by atoms with Crippen molar-refractivity contribution in [3.05, 3.63) is 69.6 Å². The standard InChI is InChI=1S/C18H11ClF2N2O3S/c19-11-4-3-6-12(20)10(11)8-15-17(25)23(18(26)27-15)9-16(24)22-14-7-2-1-5-13(14)21/h1-8H,9H2,(H,22,24). The SMILES string of the molecule is O=C(CN1C(=O)SC(=Cc2c(F)cccc2Cl)C1=O)Nc1ccccc1F. The number of nitrogens with one attached hydrogen (secondary N) is 1. The second kappa shape index (κ2) is 7.89. The van der Waals surface area contributed by atoms with E-state index in [4.69, 9.17) is 11.6 Å². The molecule has 0 unspecified atom stereocenters. The normalized spacial score (nSPS) is 15.5. The second-order valence-corrected chi connectivity index (χ2v) is 6.83. The number of benzene rings is 2. The van der Waals surface area contributed by atoms with Crippen LogP contribution in [0.3, 0.4) is 0 Å². The molecule has 0 saturated carbocycles. The van der Waals surface area contributed by atoms with Gasteiger partial charge in [0.2, 0.25) is 5.91 Å². The van der Waals surface area contributed by atoms with Crippen LogP contribution >= 0.6 is 23.4 Å². The van der Waals surface area contributed by atoms with Crippen LogP contribution < -0.4 is 5.32 Å². The largest absolute Gasteiger partial charge is 0.322 e. The highest BCUT2D eigenvalue weighted by Gasteiger charge is 2.36. The van der Waals surface area contributed by atoms with Gasteiger partial charge in [0.25, 0.3) is 11.1 Å². The van der Waals surface area contributed by atoms with Crippen LogP contribution in [0.4, 0.5) is 19.3 Å². The molecule has 1 aliphatic rings. The summed E-state index contributed by atoms with van der Waals surface area (Å²) in [5, 5.41) is 1.68.